The van der Waals surface area contributed by atoms with Crippen LogP contribution in [0.25, 0.3) is 0 Å². The zero-order valence-electron chi connectivity index (χ0n) is 12.9. The van der Waals surface area contributed by atoms with E-state index in [1.807, 2.05) is 19.1 Å². The van der Waals surface area contributed by atoms with Crippen LogP contribution in [0.1, 0.15) is 21.5 Å². The van der Waals surface area contributed by atoms with Crippen molar-refractivity contribution in [2.24, 2.45) is 0 Å². The number of hydrogen-bond acceptors (Lipinski definition) is 5. The summed E-state index contributed by atoms with van der Waals surface area (Å²) in [5.41, 5.74) is 2.05. The number of aryl methyl sites for hydroxylation is 1. The highest BCUT2D eigenvalue weighted by molar-refractivity contribution is 7.91. The van der Waals surface area contributed by atoms with E-state index in [2.05, 4.69) is 10.2 Å². The van der Waals surface area contributed by atoms with Gasteiger partial charge in [0.25, 0.3) is 0 Å². The molecule has 1 aromatic heterocycles. The minimum absolute atomic E-state index is 0.0726. The highest BCUT2D eigenvalue weighted by Crippen LogP contribution is 2.20. The molecule has 0 fully saturated rings. The van der Waals surface area contributed by atoms with Crippen LogP contribution in [0.3, 0.4) is 0 Å². The summed E-state index contributed by atoms with van der Waals surface area (Å²) in [6, 6.07) is 15.9. The second kappa shape index (κ2) is 6.33. The molecular formula is C18H14N2O3S. The zero-order chi connectivity index (χ0) is 17.2. The molecule has 0 radical (unpaired) electrons. The maximum Gasteiger partial charge on any atom is 0.225 e. The summed E-state index contributed by atoms with van der Waals surface area (Å²) in [7, 11) is -3.74. The minimum Gasteiger partial charge on any atom is -0.289 e. The summed E-state index contributed by atoms with van der Waals surface area (Å²) in [5, 5.41) is 7.10. The number of hydrogen-bond donors (Lipinski definition) is 0. The lowest BCUT2D eigenvalue weighted by Gasteiger charge is -2.05. The lowest BCUT2D eigenvalue weighted by atomic mass is 10.0. The van der Waals surface area contributed by atoms with Crippen molar-refractivity contribution in [1.29, 1.82) is 0 Å². The summed E-state index contributed by atoms with van der Waals surface area (Å²) in [6.45, 7) is 1.94. The van der Waals surface area contributed by atoms with Gasteiger partial charge in [-0.25, -0.2) is 8.42 Å². The minimum atomic E-state index is -3.74. The van der Waals surface area contributed by atoms with E-state index in [0.29, 0.717) is 11.1 Å². The molecule has 0 bridgehead atoms. The van der Waals surface area contributed by atoms with Crippen LogP contribution in [-0.2, 0) is 9.84 Å². The van der Waals surface area contributed by atoms with E-state index >= 15 is 0 Å². The van der Waals surface area contributed by atoms with E-state index in [1.165, 1.54) is 42.6 Å². The molecule has 3 aromatic rings. The van der Waals surface area contributed by atoms with E-state index < -0.39 is 9.84 Å². The number of aromatic nitrogens is 2. The van der Waals surface area contributed by atoms with Gasteiger partial charge in [0.15, 0.2) is 10.8 Å². The Balaban J connectivity index is 1.91. The van der Waals surface area contributed by atoms with Gasteiger partial charge in [0.1, 0.15) is 0 Å². The van der Waals surface area contributed by atoms with Gasteiger partial charge in [-0.05, 0) is 43.3 Å². The molecule has 0 amide bonds. The van der Waals surface area contributed by atoms with E-state index in [9.17, 15) is 13.2 Å². The van der Waals surface area contributed by atoms with Crippen molar-refractivity contribution in [3.05, 3.63) is 83.6 Å². The molecule has 3 rings (SSSR count). The first-order valence-electron chi connectivity index (χ1n) is 7.23. The van der Waals surface area contributed by atoms with Gasteiger partial charge >= 0.3 is 0 Å². The van der Waals surface area contributed by atoms with E-state index in [1.54, 1.807) is 12.1 Å². The standard InChI is InChI=1S/C18H14N2O3S/c1-13-4-6-14(7-5-13)18(21)15-8-10-16(11-9-15)24(22,23)17-3-2-12-19-20-17/h2-12H,1H3. The molecule has 0 saturated carbocycles. The van der Waals surface area contributed by atoms with Gasteiger partial charge in [0, 0.05) is 17.3 Å². The van der Waals surface area contributed by atoms with Crippen LogP contribution in [0.15, 0.2) is 76.8 Å². The van der Waals surface area contributed by atoms with Crippen LogP contribution < -0.4 is 0 Å². The topological polar surface area (TPSA) is 77.0 Å². The summed E-state index contributed by atoms with van der Waals surface area (Å²) < 4.78 is 24.9. The maximum absolute atomic E-state index is 12.4. The van der Waals surface area contributed by atoms with Crippen molar-refractivity contribution < 1.29 is 13.2 Å². The van der Waals surface area contributed by atoms with Crippen molar-refractivity contribution in [2.75, 3.05) is 0 Å². The molecule has 120 valence electrons. The van der Waals surface area contributed by atoms with E-state index in [-0.39, 0.29) is 15.7 Å². The third kappa shape index (κ3) is 3.09. The second-order valence-electron chi connectivity index (χ2n) is 5.28. The lowest BCUT2D eigenvalue weighted by Crippen LogP contribution is -2.06. The molecule has 1 heterocycles. The first-order chi connectivity index (χ1) is 11.5. The Hall–Kier alpha value is -2.86. The summed E-state index contributed by atoms with van der Waals surface area (Å²) >= 11 is 0. The number of carbonyl (C=O) groups excluding carboxylic acids is 1. The smallest absolute Gasteiger partial charge is 0.225 e. The van der Waals surface area contributed by atoms with Crippen LogP contribution in [0.2, 0.25) is 0 Å². The molecule has 0 saturated heterocycles. The van der Waals surface area contributed by atoms with Crippen molar-refractivity contribution >= 4 is 15.6 Å². The van der Waals surface area contributed by atoms with Gasteiger partial charge in [-0.3, -0.25) is 4.79 Å². The highest BCUT2D eigenvalue weighted by Gasteiger charge is 2.20. The van der Waals surface area contributed by atoms with Crippen molar-refractivity contribution in [2.45, 2.75) is 16.8 Å². The number of carbonyl (C=O) groups is 1. The third-order valence-electron chi connectivity index (χ3n) is 3.56. The largest absolute Gasteiger partial charge is 0.289 e. The summed E-state index contributed by atoms with van der Waals surface area (Å²) in [5.74, 6) is -0.154. The normalized spacial score (nSPS) is 11.2. The van der Waals surface area contributed by atoms with Crippen LogP contribution in [0.4, 0.5) is 0 Å². The Labute approximate surface area is 139 Å². The fraction of sp³-hybridized carbons (Fsp3) is 0.0556. The highest BCUT2D eigenvalue weighted by atomic mass is 32.2. The second-order valence-corrected chi connectivity index (χ2v) is 7.18. The number of benzene rings is 2. The summed E-state index contributed by atoms with van der Waals surface area (Å²) in [6.07, 6.45) is 1.41. The average Bonchev–Trinajstić information content (AvgIpc) is 2.62. The molecular weight excluding hydrogens is 324 g/mol. The quantitative estimate of drug-likeness (QED) is 0.684. The maximum atomic E-state index is 12.4. The number of sulfone groups is 1. The molecule has 0 aliphatic carbocycles. The molecule has 0 atom stereocenters. The third-order valence-corrected chi connectivity index (χ3v) is 5.22. The Morgan fingerprint density at radius 1 is 0.875 bits per heavy atom. The van der Waals surface area contributed by atoms with Crippen LogP contribution in [-0.4, -0.2) is 24.4 Å². The Morgan fingerprint density at radius 2 is 1.46 bits per heavy atom. The van der Waals surface area contributed by atoms with Crippen molar-refractivity contribution in [3.63, 3.8) is 0 Å². The van der Waals surface area contributed by atoms with Gasteiger partial charge in [-0.1, -0.05) is 29.8 Å². The van der Waals surface area contributed by atoms with Gasteiger partial charge in [0.2, 0.25) is 9.84 Å². The number of ketones is 1. The monoisotopic (exact) mass is 338 g/mol. The molecule has 0 N–H and O–H groups in total. The first kappa shape index (κ1) is 16.0. The molecule has 6 heteroatoms. The molecule has 24 heavy (non-hydrogen) atoms. The van der Waals surface area contributed by atoms with Gasteiger partial charge in [0.05, 0.1) is 4.90 Å². The Kier molecular flexibility index (Phi) is 4.22. The zero-order valence-corrected chi connectivity index (χ0v) is 13.7. The SMILES string of the molecule is Cc1ccc(C(=O)c2ccc(S(=O)(=O)c3cccnn3)cc2)cc1. The molecule has 5 nitrogen and oxygen atoms in total. The van der Waals surface area contributed by atoms with Crippen LogP contribution >= 0.6 is 0 Å². The van der Waals surface area contributed by atoms with Crippen molar-refractivity contribution in [3.8, 4) is 0 Å². The fourth-order valence-electron chi connectivity index (χ4n) is 2.21. The molecule has 0 aliphatic heterocycles. The predicted octanol–water partition coefficient (Wildman–Crippen LogP) is 2.85. The lowest BCUT2D eigenvalue weighted by molar-refractivity contribution is 0.103. The van der Waals surface area contributed by atoms with Gasteiger partial charge < -0.3 is 0 Å². The number of nitrogens with zero attached hydrogens (tertiary/aromatic N) is 2. The summed E-state index contributed by atoms with van der Waals surface area (Å²) in [4.78, 5) is 12.5. The molecule has 0 aliphatic rings. The molecule has 0 spiro atoms. The van der Waals surface area contributed by atoms with Crippen LogP contribution in [0.5, 0.6) is 0 Å². The van der Waals surface area contributed by atoms with Crippen LogP contribution in [0, 0.1) is 6.92 Å². The average molecular weight is 338 g/mol. The fourth-order valence-corrected chi connectivity index (χ4v) is 3.36. The number of rotatable bonds is 4. The predicted molar refractivity (Wildman–Crippen MR) is 88.5 cm³/mol. The van der Waals surface area contributed by atoms with Gasteiger partial charge in [-0.2, -0.15) is 5.10 Å². The Morgan fingerprint density at radius 3 is 2.00 bits per heavy atom. The van der Waals surface area contributed by atoms with E-state index in [0.717, 1.165) is 5.56 Å². The molecule has 2 aromatic carbocycles. The Bertz CT molecular complexity index is 965. The van der Waals surface area contributed by atoms with E-state index in [4.69, 9.17) is 0 Å². The van der Waals surface area contributed by atoms with Crippen molar-refractivity contribution in [1.82, 2.24) is 10.2 Å². The first-order valence-corrected chi connectivity index (χ1v) is 8.71. The molecule has 0 unspecified atom stereocenters. The van der Waals surface area contributed by atoms with Gasteiger partial charge in [-0.15, -0.1) is 5.10 Å².